The summed E-state index contributed by atoms with van der Waals surface area (Å²) in [6.45, 7) is 3.18. The maximum absolute atomic E-state index is 12.5. The lowest BCUT2D eigenvalue weighted by molar-refractivity contribution is -0.111. The zero-order chi connectivity index (χ0) is 15.8. The van der Waals surface area contributed by atoms with Crippen LogP contribution < -0.4 is 0 Å². The highest BCUT2D eigenvalue weighted by atomic mass is 79.9. The quantitative estimate of drug-likeness (QED) is 0.799. The number of pyridine rings is 1. The third-order valence-corrected chi connectivity index (χ3v) is 5.04. The number of carbonyl (C=O) groups excluding carboxylic acids is 1. The Balaban J connectivity index is 1.62. The average molecular weight is 373 g/mol. The van der Waals surface area contributed by atoms with Crippen molar-refractivity contribution in [3.8, 4) is 0 Å². The number of hydrogen-bond acceptors (Lipinski definition) is 4. The first kappa shape index (κ1) is 14.8. The van der Waals surface area contributed by atoms with Crippen LogP contribution in [0.5, 0.6) is 0 Å². The molecule has 1 aromatic rings. The highest BCUT2D eigenvalue weighted by Crippen LogP contribution is 2.40. The highest BCUT2D eigenvalue weighted by Gasteiger charge is 2.30. The summed E-state index contributed by atoms with van der Waals surface area (Å²) in [5.41, 5.74) is 5.24. The van der Waals surface area contributed by atoms with Crippen LogP contribution in [0, 0.1) is 0 Å². The van der Waals surface area contributed by atoms with E-state index in [9.17, 15) is 4.79 Å². The summed E-state index contributed by atoms with van der Waals surface area (Å²) in [6, 6.07) is 3.99. The first-order chi connectivity index (χ1) is 11.2. The SMILES string of the molecule is O=C1C=C(N2CCOCC2)CC2=C1CC=C2c1ccc(Br)cn1. The van der Waals surface area contributed by atoms with Gasteiger partial charge in [0.2, 0.25) is 0 Å². The zero-order valence-electron chi connectivity index (χ0n) is 12.7. The molecule has 2 aliphatic carbocycles. The second kappa shape index (κ2) is 6.06. The van der Waals surface area contributed by atoms with Gasteiger partial charge in [0.05, 0.1) is 18.9 Å². The van der Waals surface area contributed by atoms with E-state index in [-0.39, 0.29) is 5.78 Å². The molecule has 3 aliphatic rings. The summed E-state index contributed by atoms with van der Waals surface area (Å²) in [5, 5.41) is 0. The van der Waals surface area contributed by atoms with E-state index in [4.69, 9.17) is 4.74 Å². The van der Waals surface area contributed by atoms with E-state index in [1.54, 1.807) is 6.20 Å². The molecule has 1 saturated heterocycles. The summed E-state index contributed by atoms with van der Waals surface area (Å²) in [5.74, 6) is 0.149. The van der Waals surface area contributed by atoms with Gasteiger partial charge in [0.25, 0.3) is 0 Å². The van der Waals surface area contributed by atoms with Gasteiger partial charge in [-0.2, -0.15) is 0 Å². The van der Waals surface area contributed by atoms with Gasteiger partial charge in [-0.3, -0.25) is 9.78 Å². The number of ether oxygens (including phenoxy) is 1. The molecule has 0 aromatic carbocycles. The normalized spacial score (nSPS) is 21.3. The third-order valence-electron chi connectivity index (χ3n) is 4.57. The molecule has 2 heterocycles. The number of allylic oxidation sites excluding steroid dienone is 5. The van der Waals surface area contributed by atoms with Gasteiger partial charge in [0, 0.05) is 53.1 Å². The fourth-order valence-electron chi connectivity index (χ4n) is 3.38. The molecule has 118 valence electrons. The predicted octanol–water partition coefficient (Wildman–Crippen LogP) is 3.12. The topological polar surface area (TPSA) is 42.4 Å². The third kappa shape index (κ3) is 2.79. The molecule has 5 heteroatoms. The van der Waals surface area contributed by atoms with Crippen LogP contribution in [0.1, 0.15) is 18.5 Å². The molecule has 0 atom stereocenters. The lowest BCUT2D eigenvalue weighted by Gasteiger charge is -2.33. The van der Waals surface area contributed by atoms with E-state index in [0.29, 0.717) is 6.42 Å². The van der Waals surface area contributed by atoms with Crippen LogP contribution in [0.3, 0.4) is 0 Å². The molecule has 0 saturated carbocycles. The van der Waals surface area contributed by atoms with Gasteiger partial charge in [0.15, 0.2) is 5.78 Å². The number of rotatable bonds is 2. The van der Waals surface area contributed by atoms with Crippen molar-refractivity contribution in [1.82, 2.24) is 9.88 Å². The molecule has 0 bridgehead atoms. The van der Waals surface area contributed by atoms with Crippen molar-refractivity contribution >= 4 is 27.3 Å². The van der Waals surface area contributed by atoms with Crippen LogP contribution in [-0.2, 0) is 9.53 Å². The van der Waals surface area contributed by atoms with Gasteiger partial charge in [-0.1, -0.05) is 6.08 Å². The van der Waals surface area contributed by atoms with Crippen LogP contribution in [0.15, 0.2) is 51.8 Å². The number of halogens is 1. The van der Waals surface area contributed by atoms with Gasteiger partial charge in [-0.25, -0.2) is 0 Å². The molecular weight excluding hydrogens is 356 g/mol. The van der Waals surface area contributed by atoms with Crippen LogP contribution >= 0.6 is 15.9 Å². The Labute approximate surface area is 143 Å². The van der Waals surface area contributed by atoms with Crippen molar-refractivity contribution in [1.29, 1.82) is 0 Å². The average Bonchev–Trinajstić information content (AvgIpc) is 3.01. The summed E-state index contributed by atoms with van der Waals surface area (Å²) in [6.07, 6.45) is 7.28. The van der Waals surface area contributed by atoms with Crippen molar-refractivity contribution in [2.75, 3.05) is 26.3 Å². The monoisotopic (exact) mass is 372 g/mol. The Morgan fingerprint density at radius 1 is 1.17 bits per heavy atom. The molecule has 0 amide bonds. The van der Waals surface area contributed by atoms with Crippen LogP contribution in [0.25, 0.3) is 5.57 Å². The summed E-state index contributed by atoms with van der Waals surface area (Å²) < 4.78 is 6.37. The molecular formula is C18H17BrN2O2. The molecule has 1 aliphatic heterocycles. The molecule has 1 aromatic heterocycles. The Bertz CT molecular complexity index is 741. The van der Waals surface area contributed by atoms with Gasteiger partial charge < -0.3 is 9.64 Å². The highest BCUT2D eigenvalue weighted by molar-refractivity contribution is 9.10. The molecule has 0 radical (unpaired) electrons. The van der Waals surface area contributed by atoms with Gasteiger partial charge >= 0.3 is 0 Å². The standard InChI is InChI=1S/C18H17BrN2O2/c19-12-1-4-17(20-11-12)14-2-3-15-16(14)9-13(10-18(15)22)21-5-7-23-8-6-21/h1-2,4,10-11H,3,5-9H2. The Morgan fingerprint density at radius 2 is 2.00 bits per heavy atom. The molecule has 1 fully saturated rings. The summed E-state index contributed by atoms with van der Waals surface area (Å²) in [7, 11) is 0. The molecule has 4 rings (SSSR count). The van der Waals surface area contributed by atoms with E-state index < -0.39 is 0 Å². The number of nitrogens with zero attached hydrogens (tertiary/aromatic N) is 2. The zero-order valence-corrected chi connectivity index (χ0v) is 14.3. The second-order valence-electron chi connectivity index (χ2n) is 5.92. The van der Waals surface area contributed by atoms with E-state index in [0.717, 1.165) is 65.3 Å². The Kier molecular flexibility index (Phi) is 3.91. The minimum absolute atomic E-state index is 0.149. The number of aromatic nitrogens is 1. The maximum Gasteiger partial charge on any atom is 0.184 e. The number of carbonyl (C=O) groups is 1. The molecule has 23 heavy (non-hydrogen) atoms. The number of morpholine rings is 1. The predicted molar refractivity (Wildman–Crippen MR) is 91.7 cm³/mol. The number of hydrogen-bond donors (Lipinski definition) is 0. The number of ketones is 1. The minimum atomic E-state index is 0.149. The lowest BCUT2D eigenvalue weighted by Crippen LogP contribution is -2.36. The van der Waals surface area contributed by atoms with Crippen LogP contribution in [0.4, 0.5) is 0 Å². The van der Waals surface area contributed by atoms with E-state index in [1.165, 1.54) is 0 Å². The lowest BCUT2D eigenvalue weighted by atomic mass is 9.91. The fourth-order valence-corrected chi connectivity index (χ4v) is 3.62. The van der Waals surface area contributed by atoms with Crippen molar-refractivity contribution < 1.29 is 9.53 Å². The van der Waals surface area contributed by atoms with E-state index >= 15 is 0 Å². The fraction of sp³-hybridized carbons (Fsp3) is 0.333. The minimum Gasteiger partial charge on any atom is -0.378 e. The van der Waals surface area contributed by atoms with Gasteiger partial charge in [-0.05, 0) is 40.1 Å². The first-order valence-corrected chi connectivity index (χ1v) is 8.64. The molecule has 0 unspecified atom stereocenters. The molecule has 0 spiro atoms. The van der Waals surface area contributed by atoms with Crippen LogP contribution in [-0.4, -0.2) is 42.0 Å². The second-order valence-corrected chi connectivity index (χ2v) is 6.83. The van der Waals surface area contributed by atoms with Gasteiger partial charge in [0.1, 0.15) is 0 Å². The first-order valence-electron chi connectivity index (χ1n) is 7.84. The van der Waals surface area contributed by atoms with Crippen LogP contribution in [0.2, 0.25) is 0 Å². The van der Waals surface area contributed by atoms with E-state index in [1.807, 2.05) is 18.2 Å². The Morgan fingerprint density at radius 3 is 2.74 bits per heavy atom. The Hall–Kier alpha value is -1.72. The largest absolute Gasteiger partial charge is 0.378 e. The van der Waals surface area contributed by atoms with Gasteiger partial charge in [-0.15, -0.1) is 0 Å². The summed E-state index contributed by atoms with van der Waals surface area (Å²) in [4.78, 5) is 19.3. The molecule has 0 N–H and O–H groups in total. The smallest absolute Gasteiger partial charge is 0.184 e. The maximum atomic E-state index is 12.5. The van der Waals surface area contributed by atoms with Crippen molar-refractivity contribution in [3.63, 3.8) is 0 Å². The van der Waals surface area contributed by atoms with Crippen molar-refractivity contribution in [2.24, 2.45) is 0 Å². The summed E-state index contributed by atoms with van der Waals surface area (Å²) >= 11 is 3.42. The van der Waals surface area contributed by atoms with Crippen molar-refractivity contribution in [2.45, 2.75) is 12.8 Å². The van der Waals surface area contributed by atoms with E-state index in [2.05, 4.69) is 31.9 Å². The van der Waals surface area contributed by atoms with Crippen molar-refractivity contribution in [3.05, 3.63) is 57.5 Å². The molecule has 4 nitrogen and oxygen atoms in total.